The molecule has 0 spiro atoms. The van der Waals surface area contributed by atoms with Gasteiger partial charge in [0.05, 0.1) is 0 Å². The Morgan fingerprint density at radius 2 is 1.31 bits per heavy atom. The molecule has 2 atom stereocenters. The zero-order chi connectivity index (χ0) is 11.4. The lowest BCUT2D eigenvalue weighted by Crippen LogP contribution is -1.92. The van der Waals surface area contributed by atoms with E-state index in [1.165, 1.54) is 22.7 Å². The molecule has 2 aliphatic rings. The van der Waals surface area contributed by atoms with Crippen molar-refractivity contribution >= 4 is 21.6 Å². The molecule has 86 valence electrons. The fourth-order valence-electron chi connectivity index (χ4n) is 1.64. The van der Waals surface area contributed by atoms with Crippen molar-refractivity contribution in [1.82, 2.24) is 0 Å². The molecule has 2 rings (SSSR count). The van der Waals surface area contributed by atoms with Crippen LogP contribution in [0.5, 0.6) is 0 Å². The maximum atomic E-state index is 2.35. The predicted molar refractivity (Wildman–Crippen MR) is 77.2 cm³/mol. The fraction of sp³-hybridized carbons (Fsp3) is 0.429. The summed E-state index contributed by atoms with van der Waals surface area (Å²) in [6.07, 6.45) is 16.2. The van der Waals surface area contributed by atoms with Crippen molar-refractivity contribution < 1.29 is 0 Å². The number of hydrogen-bond donors (Lipinski definition) is 0. The van der Waals surface area contributed by atoms with E-state index in [1.54, 1.807) is 0 Å². The molecule has 0 bridgehead atoms. The van der Waals surface area contributed by atoms with Crippen LogP contribution in [0.2, 0.25) is 0 Å². The summed E-state index contributed by atoms with van der Waals surface area (Å²) in [6, 6.07) is 0. The van der Waals surface area contributed by atoms with Gasteiger partial charge in [0.2, 0.25) is 0 Å². The third kappa shape index (κ3) is 3.60. The van der Waals surface area contributed by atoms with Gasteiger partial charge in [0.25, 0.3) is 0 Å². The summed E-state index contributed by atoms with van der Waals surface area (Å²) < 4.78 is 0. The standard InChI is InChI=1S/C14H18S2/c1-11-3-7-13(8-4-11)15-16-14-9-5-12(2)6-10-14/h3,5,7-12H,4,6H2,1-2H3. The minimum absolute atomic E-state index is 0.712. The molecule has 0 aromatic rings. The molecule has 0 aromatic heterocycles. The van der Waals surface area contributed by atoms with Crippen LogP contribution in [0.1, 0.15) is 26.7 Å². The molecular formula is C14H18S2. The summed E-state index contributed by atoms with van der Waals surface area (Å²) in [5.74, 6) is 1.42. The van der Waals surface area contributed by atoms with E-state index in [2.05, 4.69) is 50.3 Å². The zero-order valence-corrected chi connectivity index (χ0v) is 11.5. The summed E-state index contributed by atoms with van der Waals surface area (Å²) >= 11 is 0. The van der Waals surface area contributed by atoms with Crippen molar-refractivity contribution in [1.29, 1.82) is 0 Å². The minimum Gasteiger partial charge on any atom is -0.0803 e. The monoisotopic (exact) mass is 250 g/mol. The van der Waals surface area contributed by atoms with E-state index in [0.717, 1.165) is 0 Å². The van der Waals surface area contributed by atoms with Gasteiger partial charge in [-0.2, -0.15) is 0 Å². The molecular weight excluding hydrogens is 232 g/mol. The zero-order valence-electron chi connectivity index (χ0n) is 9.85. The van der Waals surface area contributed by atoms with Gasteiger partial charge >= 0.3 is 0 Å². The van der Waals surface area contributed by atoms with E-state index in [4.69, 9.17) is 0 Å². The molecule has 0 fully saturated rings. The van der Waals surface area contributed by atoms with Crippen LogP contribution in [0.4, 0.5) is 0 Å². The van der Waals surface area contributed by atoms with Crippen molar-refractivity contribution in [3.63, 3.8) is 0 Å². The summed E-state index contributed by atoms with van der Waals surface area (Å²) in [4.78, 5) is 2.80. The second-order valence-electron chi connectivity index (χ2n) is 4.52. The first-order valence-corrected chi connectivity index (χ1v) is 8.00. The molecule has 0 saturated carbocycles. The Bertz CT molecular complexity index is 325. The molecule has 0 nitrogen and oxygen atoms in total. The maximum absolute atomic E-state index is 2.35. The Morgan fingerprint density at radius 1 is 0.875 bits per heavy atom. The van der Waals surface area contributed by atoms with Crippen LogP contribution in [-0.4, -0.2) is 0 Å². The van der Waals surface area contributed by atoms with Crippen LogP contribution in [0, 0.1) is 11.8 Å². The van der Waals surface area contributed by atoms with E-state index in [9.17, 15) is 0 Å². The number of rotatable bonds is 3. The van der Waals surface area contributed by atoms with Crippen molar-refractivity contribution in [2.24, 2.45) is 11.8 Å². The predicted octanol–water partition coefficient (Wildman–Crippen LogP) is 5.33. The van der Waals surface area contributed by atoms with E-state index >= 15 is 0 Å². The number of hydrogen-bond acceptors (Lipinski definition) is 2. The lowest BCUT2D eigenvalue weighted by molar-refractivity contribution is 0.735. The second kappa shape index (κ2) is 5.83. The van der Waals surface area contributed by atoms with Crippen molar-refractivity contribution in [3.05, 3.63) is 46.3 Å². The molecule has 0 aromatic carbocycles. The van der Waals surface area contributed by atoms with Gasteiger partial charge in [0, 0.05) is 9.81 Å². The van der Waals surface area contributed by atoms with Crippen LogP contribution in [0.25, 0.3) is 0 Å². The summed E-state index contributed by atoms with van der Waals surface area (Å²) in [5.41, 5.74) is 0. The Labute approximate surface area is 106 Å². The average Bonchev–Trinajstić information content (AvgIpc) is 2.30. The highest BCUT2D eigenvalue weighted by molar-refractivity contribution is 8.79. The Hall–Kier alpha value is -0.340. The van der Waals surface area contributed by atoms with Gasteiger partial charge in [0.1, 0.15) is 0 Å². The molecule has 2 aliphatic carbocycles. The topological polar surface area (TPSA) is 0 Å². The molecule has 0 N–H and O–H groups in total. The normalized spacial score (nSPS) is 28.9. The van der Waals surface area contributed by atoms with Gasteiger partial charge in [0.15, 0.2) is 0 Å². The van der Waals surface area contributed by atoms with Crippen molar-refractivity contribution in [3.8, 4) is 0 Å². The van der Waals surface area contributed by atoms with Crippen molar-refractivity contribution in [2.45, 2.75) is 26.7 Å². The summed E-state index contributed by atoms with van der Waals surface area (Å²) in [7, 11) is 3.76. The molecule has 0 amide bonds. The Morgan fingerprint density at radius 3 is 1.62 bits per heavy atom. The lowest BCUT2D eigenvalue weighted by Gasteiger charge is -2.13. The fourth-order valence-corrected chi connectivity index (χ4v) is 3.74. The smallest absolute Gasteiger partial charge is 0.0143 e. The van der Waals surface area contributed by atoms with Crippen LogP contribution < -0.4 is 0 Å². The van der Waals surface area contributed by atoms with Gasteiger partial charge < -0.3 is 0 Å². The molecule has 16 heavy (non-hydrogen) atoms. The first-order chi connectivity index (χ1) is 7.74. The largest absolute Gasteiger partial charge is 0.0803 e. The first-order valence-electron chi connectivity index (χ1n) is 5.85. The second-order valence-corrected chi connectivity index (χ2v) is 6.80. The average molecular weight is 250 g/mol. The quantitative estimate of drug-likeness (QED) is 0.621. The third-order valence-electron chi connectivity index (χ3n) is 2.79. The van der Waals surface area contributed by atoms with Crippen LogP contribution >= 0.6 is 21.6 Å². The highest BCUT2D eigenvalue weighted by Gasteiger charge is 2.07. The first kappa shape index (κ1) is 12.1. The molecule has 0 saturated heterocycles. The van der Waals surface area contributed by atoms with Gasteiger partial charge in [-0.15, -0.1) is 0 Å². The molecule has 0 radical (unpaired) electrons. The van der Waals surface area contributed by atoms with Gasteiger partial charge in [-0.3, -0.25) is 0 Å². The molecule has 0 aliphatic heterocycles. The third-order valence-corrected chi connectivity index (χ3v) is 5.27. The summed E-state index contributed by atoms with van der Waals surface area (Å²) in [5, 5.41) is 0. The maximum Gasteiger partial charge on any atom is 0.0143 e. The lowest BCUT2D eigenvalue weighted by atomic mass is 10.0. The van der Waals surface area contributed by atoms with Gasteiger partial charge in [-0.25, -0.2) is 0 Å². The summed E-state index contributed by atoms with van der Waals surface area (Å²) in [6.45, 7) is 4.52. The van der Waals surface area contributed by atoms with Crippen LogP contribution in [-0.2, 0) is 0 Å². The van der Waals surface area contributed by atoms with Gasteiger partial charge in [-0.1, -0.05) is 71.9 Å². The molecule has 2 heteroatoms. The van der Waals surface area contributed by atoms with E-state index in [-0.39, 0.29) is 0 Å². The van der Waals surface area contributed by atoms with Crippen LogP contribution in [0.15, 0.2) is 46.3 Å². The SMILES string of the molecule is CC1C=CC(SSC2=CCC(C)C=C2)=CC1. The van der Waals surface area contributed by atoms with E-state index in [1.807, 2.05) is 21.6 Å². The van der Waals surface area contributed by atoms with E-state index in [0.29, 0.717) is 11.8 Å². The van der Waals surface area contributed by atoms with Crippen molar-refractivity contribution in [2.75, 3.05) is 0 Å². The van der Waals surface area contributed by atoms with E-state index < -0.39 is 0 Å². The molecule has 2 unspecified atom stereocenters. The highest BCUT2D eigenvalue weighted by atomic mass is 33.1. The minimum atomic E-state index is 0.712. The highest BCUT2D eigenvalue weighted by Crippen LogP contribution is 2.40. The molecule has 0 heterocycles. The van der Waals surface area contributed by atoms with Gasteiger partial charge in [-0.05, 0) is 24.7 Å². The van der Waals surface area contributed by atoms with Crippen LogP contribution in [0.3, 0.4) is 0 Å². The Balaban J connectivity index is 1.81. The number of allylic oxidation sites excluding steroid dienone is 6. The Kier molecular flexibility index (Phi) is 4.42.